The van der Waals surface area contributed by atoms with Crippen LogP contribution in [0.25, 0.3) is 0 Å². The summed E-state index contributed by atoms with van der Waals surface area (Å²) in [5.74, 6) is 1.98. The predicted molar refractivity (Wildman–Crippen MR) is 276 cm³/mol. The number of carbonyl (C=O) groups is 2. The van der Waals surface area contributed by atoms with Gasteiger partial charge in [0, 0.05) is 38.4 Å². The van der Waals surface area contributed by atoms with E-state index in [1.54, 1.807) is 40.9 Å². The lowest BCUT2D eigenvalue weighted by Crippen LogP contribution is -2.23. The molecule has 368 valence electrons. The molecule has 2 heterocycles. The van der Waals surface area contributed by atoms with Crippen molar-refractivity contribution in [1.29, 1.82) is 0 Å². The molecule has 0 bridgehead atoms. The molecule has 2 aromatic carbocycles. The highest BCUT2D eigenvalue weighted by Crippen LogP contribution is 2.45. The molecule has 17 heteroatoms. The minimum absolute atomic E-state index is 0.0244. The van der Waals surface area contributed by atoms with E-state index < -0.39 is 30.4 Å². The molecule has 0 radical (unpaired) electrons. The van der Waals surface area contributed by atoms with Crippen LogP contribution in [0.15, 0.2) is 23.3 Å². The molecule has 0 saturated carbocycles. The third kappa shape index (κ3) is 18.8. The molecular weight excluding hydrogens is 967 g/mol. The molecule has 2 aliphatic heterocycles. The lowest BCUT2D eigenvalue weighted by molar-refractivity contribution is 0.0522. The van der Waals surface area contributed by atoms with Crippen molar-refractivity contribution >= 4 is 58.3 Å². The maximum atomic E-state index is 12.6. The number of methoxy groups -OCH3 is 2. The normalized spacial score (nSPS) is 14.1. The summed E-state index contributed by atoms with van der Waals surface area (Å²) in [6.07, 6.45) is 7.05. The average molecular weight is 1050 g/mol. The summed E-state index contributed by atoms with van der Waals surface area (Å²) in [5, 5.41) is 10.1. The Morgan fingerprint density at radius 2 is 1.08 bits per heavy atom. The van der Waals surface area contributed by atoms with Crippen molar-refractivity contribution < 1.29 is 57.0 Å². The summed E-state index contributed by atoms with van der Waals surface area (Å²) in [7, 11) is -3.23. The fraction of sp³-hybridized carbons (Fsp3) is 0.625. The predicted octanol–water partition coefficient (Wildman–Crippen LogP) is 12.1. The second kappa shape index (κ2) is 26.2. The van der Waals surface area contributed by atoms with Crippen LogP contribution in [0.4, 0.5) is 0 Å². The molecule has 65 heavy (non-hydrogen) atoms. The Labute approximate surface area is 400 Å². The maximum Gasteiger partial charge on any atom is 0.342 e. The summed E-state index contributed by atoms with van der Waals surface area (Å²) < 4.78 is 62.7. The van der Waals surface area contributed by atoms with Crippen molar-refractivity contribution in [3.63, 3.8) is 0 Å². The van der Waals surface area contributed by atoms with Gasteiger partial charge in [0.15, 0.2) is 0 Å². The van der Waals surface area contributed by atoms with Crippen LogP contribution in [0.5, 0.6) is 23.0 Å². The van der Waals surface area contributed by atoms with Crippen molar-refractivity contribution in [3.8, 4) is 23.0 Å². The lowest BCUT2D eigenvalue weighted by Gasteiger charge is -2.21. The topological polar surface area (TPSA) is 153 Å². The van der Waals surface area contributed by atoms with Gasteiger partial charge in [0.25, 0.3) is 0 Å². The number of esters is 2. The highest BCUT2D eigenvalue weighted by atomic mass is 79.9. The number of aliphatic hydroxyl groups is 1. The Kier molecular flexibility index (Phi) is 23.6. The van der Waals surface area contributed by atoms with Crippen molar-refractivity contribution in [1.82, 2.24) is 0 Å². The molecule has 2 aromatic rings. The van der Waals surface area contributed by atoms with Gasteiger partial charge < -0.3 is 47.4 Å². The monoisotopic (exact) mass is 1040 g/mol. The number of carbonyl (C=O) groups excluding carboxylic acids is 2. The van der Waals surface area contributed by atoms with Gasteiger partial charge in [0.2, 0.25) is 0 Å². The number of benzene rings is 2. The maximum absolute atomic E-state index is 12.6. The summed E-state index contributed by atoms with van der Waals surface area (Å²) in [6.45, 7) is 30.8. The van der Waals surface area contributed by atoms with Crippen LogP contribution in [-0.4, -0.2) is 112 Å². The Hall–Kier alpha value is -2.65. The molecule has 0 saturated heterocycles. The van der Waals surface area contributed by atoms with Crippen LogP contribution in [0.2, 0.25) is 51.4 Å². The van der Waals surface area contributed by atoms with Gasteiger partial charge in [-0.3, -0.25) is 0 Å². The number of ether oxygens (including phenoxy) is 7. The van der Waals surface area contributed by atoms with Crippen LogP contribution < -0.4 is 18.9 Å². The third-order valence-corrected chi connectivity index (χ3v) is 19.1. The number of cyclic esters (lactones) is 2. The molecule has 0 aliphatic carbocycles. The molecule has 0 unspecified atom stereocenters. The van der Waals surface area contributed by atoms with Crippen molar-refractivity contribution in [3.05, 3.63) is 67.8 Å². The van der Waals surface area contributed by atoms with Gasteiger partial charge in [-0.15, -0.1) is 0 Å². The summed E-state index contributed by atoms with van der Waals surface area (Å²) in [6, 6.07) is 1.99. The van der Waals surface area contributed by atoms with Crippen molar-refractivity contribution in [2.45, 2.75) is 118 Å². The van der Waals surface area contributed by atoms with Crippen LogP contribution in [0.3, 0.4) is 0 Å². The zero-order valence-corrected chi connectivity index (χ0v) is 47.6. The molecule has 2 aliphatic rings. The van der Waals surface area contributed by atoms with Gasteiger partial charge in [-0.2, -0.15) is 0 Å². The van der Waals surface area contributed by atoms with Crippen molar-refractivity contribution in [2.75, 3.05) is 78.7 Å². The fourth-order valence-corrected chi connectivity index (χ4v) is 8.73. The van der Waals surface area contributed by atoms with Gasteiger partial charge in [-0.25, -0.2) is 9.59 Å². The first-order valence-corrected chi connectivity index (χ1v) is 36.5. The molecule has 0 atom stereocenters. The Morgan fingerprint density at radius 1 is 0.692 bits per heavy atom. The fourth-order valence-electron chi connectivity index (χ4n) is 6.77. The van der Waals surface area contributed by atoms with E-state index in [1.165, 1.54) is 0 Å². The lowest BCUT2D eigenvalue weighted by atomic mass is 9.94. The van der Waals surface area contributed by atoms with E-state index in [0.717, 1.165) is 81.0 Å². The number of rotatable bonds is 22. The van der Waals surface area contributed by atoms with Crippen LogP contribution in [0, 0.1) is 13.8 Å². The summed E-state index contributed by atoms with van der Waals surface area (Å²) >= 11 is 3.11. The van der Waals surface area contributed by atoms with Crippen LogP contribution in [0.1, 0.15) is 80.8 Å². The second-order valence-corrected chi connectivity index (χ2v) is 39.4. The zero-order valence-electron chi connectivity index (χ0n) is 42.3. The van der Waals surface area contributed by atoms with Crippen molar-refractivity contribution in [2.24, 2.45) is 0 Å². The van der Waals surface area contributed by atoms with E-state index in [0.29, 0.717) is 60.4 Å². The highest BCUT2D eigenvalue weighted by molar-refractivity contribution is 9.10. The third-order valence-electron chi connectivity index (χ3n) is 10.7. The molecule has 12 nitrogen and oxygen atoms in total. The van der Waals surface area contributed by atoms with E-state index in [9.17, 15) is 23.8 Å². The number of allylic oxidation sites excluding steroid dienone is 2. The Bertz CT molecular complexity index is 2100. The molecule has 0 spiro atoms. The number of hydrogen-bond donors (Lipinski definition) is 1. The van der Waals surface area contributed by atoms with Gasteiger partial charge in [-0.05, 0) is 101 Å². The van der Waals surface area contributed by atoms with E-state index in [4.69, 9.17) is 33.2 Å². The Morgan fingerprint density at radius 3 is 1.38 bits per heavy atom. The van der Waals surface area contributed by atoms with Crippen LogP contribution >= 0.6 is 30.2 Å². The smallest absolute Gasteiger partial charge is 0.342 e. The Balaban J connectivity index is 0.000000401. The number of aliphatic hydroxyl groups excluding tert-OH is 1. The van der Waals surface area contributed by atoms with Gasteiger partial charge in [0.05, 0.1) is 59.2 Å². The quantitative estimate of drug-likeness (QED) is 0.0393. The first-order valence-electron chi connectivity index (χ1n) is 22.4. The molecule has 4 rings (SSSR count). The molecule has 0 aromatic heterocycles. The summed E-state index contributed by atoms with van der Waals surface area (Å²) in [5.41, 5.74) is 8.38. The molecule has 1 N–H and O–H groups in total. The number of fused-ring (bicyclic) bond motifs is 2. The largest absolute Gasteiger partial charge is 0.496 e. The minimum Gasteiger partial charge on any atom is -0.496 e. The SMILES string of the molecule is CC/C(=C\Cc1c(OC)c(C)c2c(c1OCC[Si](C)(C)C)C(=O)OC2)CO.CC/C(=C\Cc1c(OC)c(C)c2c(c1OCC[Si](C)(C)C)C(=O)OC2)COCP(C)(C)=O.CP(C)(=O)CBr. The molecular formula is C48H79BrO12P2Si2. The second-order valence-electron chi connectivity index (χ2n) is 19.9. The zero-order chi connectivity index (χ0) is 49.5. The first kappa shape index (κ1) is 58.5. The van der Waals surface area contributed by atoms with E-state index in [-0.39, 0.29) is 38.1 Å². The first-order chi connectivity index (χ1) is 30.2. The van der Waals surface area contributed by atoms with Gasteiger partial charge in [-0.1, -0.05) is 81.2 Å². The number of hydrogen-bond acceptors (Lipinski definition) is 12. The highest BCUT2D eigenvalue weighted by Gasteiger charge is 2.35. The standard InChI is InChI=1S/C24H39O6PSi.C21H32O5Si.C3H8BrOP/c1-9-18(14-28-16-31(4,5)26)10-11-19-22(27-3)17(2)20-15-30-24(25)21(20)23(19)29-12-13-32(6,7)8;1-7-15(12-22)8-9-16-19(24-3)14(2)17-13-26-21(23)18(17)20(16)25-10-11-27(4,5)6;1-6(2,5)3-4/h10H,9,11-16H2,1-8H3;8,22H,7,9-13H2,1-6H3;3H2,1-2H3/b18-10+;15-8+;. The minimum atomic E-state index is -2.22. The van der Waals surface area contributed by atoms with Gasteiger partial charge >= 0.3 is 11.9 Å². The van der Waals surface area contributed by atoms with Gasteiger partial charge in [0.1, 0.15) is 54.5 Å². The van der Waals surface area contributed by atoms with E-state index in [2.05, 4.69) is 68.2 Å². The summed E-state index contributed by atoms with van der Waals surface area (Å²) in [4.78, 5) is 25.0. The number of halogens is 1. The number of alkyl halides is 1. The van der Waals surface area contributed by atoms with E-state index in [1.807, 2.05) is 26.8 Å². The van der Waals surface area contributed by atoms with Crippen LogP contribution in [-0.2, 0) is 49.4 Å². The average Bonchev–Trinajstić information content (AvgIpc) is 3.80. The van der Waals surface area contributed by atoms with E-state index >= 15 is 0 Å². The molecule has 0 amide bonds. The molecule has 0 fully saturated rings.